The quantitative estimate of drug-likeness (QED) is 0.0222. The van der Waals surface area contributed by atoms with E-state index in [1.807, 2.05) is 0 Å². The second-order valence-corrected chi connectivity index (χ2v) is 30.1. The van der Waals surface area contributed by atoms with E-state index in [9.17, 15) is 43.2 Å². The van der Waals surface area contributed by atoms with Crippen molar-refractivity contribution in [2.24, 2.45) is 5.92 Å². The number of aliphatic hydroxyl groups excluding tert-OH is 1. The summed E-state index contributed by atoms with van der Waals surface area (Å²) in [5.74, 6) is -1.38. The number of unbranched alkanes of at least 4 members (excludes halogenated alkanes) is 46. The molecule has 2 unspecified atom stereocenters. The number of rotatable bonds is 74. The fraction of sp³-hybridized carbons (Fsp3) is 0.946. The van der Waals surface area contributed by atoms with Crippen molar-refractivity contribution >= 4 is 39.5 Å². The normalized spacial score (nSPS) is 14.0. The number of phosphoric acid groups is 2. The van der Waals surface area contributed by atoms with Gasteiger partial charge in [-0.25, -0.2) is 9.13 Å². The first-order valence-electron chi connectivity index (χ1n) is 38.6. The molecule has 0 aliphatic rings. The average Bonchev–Trinajstić information content (AvgIpc) is 1.59. The van der Waals surface area contributed by atoms with Gasteiger partial charge in [-0.05, 0) is 31.6 Å². The number of ether oxygens (including phenoxy) is 4. The van der Waals surface area contributed by atoms with Crippen LogP contribution in [-0.4, -0.2) is 96.7 Å². The Hall–Kier alpha value is -1.94. The predicted octanol–water partition coefficient (Wildman–Crippen LogP) is 21.7. The van der Waals surface area contributed by atoms with Crippen molar-refractivity contribution < 1.29 is 80.2 Å². The van der Waals surface area contributed by atoms with Crippen LogP contribution in [0, 0.1) is 5.92 Å². The summed E-state index contributed by atoms with van der Waals surface area (Å²) in [6, 6.07) is 0. The zero-order valence-electron chi connectivity index (χ0n) is 60.4. The van der Waals surface area contributed by atoms with Gasteiger partial charge in [0.25, 0.3) is 0 Å². The van der Waals surface area contributed by atoms with Crippen molar-refractivity contribution in [3.63, 3.8) is 0 Å². The molecule has 0 radical (unpaired) electrons. The van der Waals surface area contributed by atoms with Crippen LogP contribution in [0.5, 0.6) is 0 Å². The second kappa shape index (κ2) is 67.3. The highest BCUT2D eigenvalue weighted by molar-refractivity contribution is 7.47. The maximum atomic E-state index is 13.1. The van der Waals surface area contributed by atoms with Crippen molar-refractivity contribution in [3.05, 3.63) is 0 Å². The van der Waals surface area contributed by atoms with E-state index >= 15 is 0 Å². The third-order valence-electron chi connectivity index (χ3n) is 17.3. The second-order valence-electron chi connectivity index (χ2n) is 27.2. The van der Waals surface area contributed by atoms with Gasteiger partial charge in [0.05, 0.1) is 26.4 Å². The maximum Gasteiger partial charge on any atom is 0.472 e. The summed E-state index contributed by atoms with van der Waals surface area (Å²) in [6.07, 6.45) is 55.4. The molecule has 5 atom stereocenters. The first-order valence-corrected chi connectivity index (χ1v) is 41.6. The molecule has 0 aliphatic carbocycles. The van der Waals surface area contributed by atoms with E-state index in [1.54, 1.807) is 0 Å². The Balaban J connectivity index is 5.24. The Morgan fingerprint density at radius 2 is 0.495 bits per heavy atom. The van der Waals surface area contributed by atoms with E-state index in [1.165, 1.54) is 212 Å². The van der Waals surface area contributed by atoms with E-state index in [2.05, 4.69) is 34.6 Å². The molecule has 0 amide bonds. The van der Waals surface area contributed by atoms with E-state index in [0.29, 0.717) is 25.7 Å². The van der Waals surface area contributed by atoms with E-state index in [4.69, 9.17) is 37.0 Å². The number of esters is 4. The van der Waals surface area contributed by atoms with Crippen LogP contribution in [0.4, 0.5) is 0 Å². The molecule has 93 heavy (non-hydrogen) atoms. The van der Waals surface area contributed by atoms with E-state index in [-0.39, 0.29) is 25.7 Å². The number of aliphatic hydroxyl groups is 1. The third-order valence-corrected chi connectivity index (χ3v) is 19.2. The lowest BCUT2D eigenvalue weighted by molar-refractivity contribution is -0.161. The van der Waals surface area contributed by atoms with Crippen LogP contribution in [0.3, 0.4) is 0 Å². The highest BCUT2D eigenvalue weighted by atomic mass is 31.2. The SMILES string of the molecule is CCCCCCCCCCCCCCCCCCC(=O)O[C@H](COC(=O)CCCCCCCCCCCCCCCCC)COP(=O)(O)OC[C@@H](O)COP(=O)(O)OC[C@@H](COC(=O)CCCCCCCCCCCC)OC(=O)CCCCCCCCCCCC(C)C. The van der Waals surface area contributed by atoms with Gasteiger partial charge < -0.3 is 33.8 Å². The molecule has 17 nitrogen and oxygen atoms in total. The number of carbonyl (C=O) groups is 4. The zero-order valence-corrected chi connectivity index (χ0v) is 62.2. The topological polar surface area (TPSA) is 237 Å². The fourth-order valence-electron chi connectivity index (χ4n) is 11.4. The van der Waals surface area contributed by atoms with Crippen molar-refractivity contribution in [1.29, 1.82) is 0 Å². The minimum Gasteiger partial charge on any atom is -0.462 e. The summed E-state index contributed by atoms with van der Waals surface area (Å²) in [5.41, 5.74) is 0. The highest BCUT2D eigenvalue weighted by Crippen LogP contribution is 2.45. The molecule has 0 heterocycles. The summed E-state index contributed by atoms with van der Waals surface area (Å²) in [7, 11) is -9.91. The van der Waals surface area contributed by atoms with Crippen molar-refractivity contribution in [3.8, 4) is 0 Å². The van der Waals surface area contributed by atoms with Crippen LogP contribution in [-0.2, 0) is 65.4 Å². The summed E-state index contributed by atoms with van der Waals surface area (Å²) >= 11 is 0. The first-order chi connectivity index (χ1) is 45.0. The van der Waals surface area contributed by atoms with E-state index < -0.39 is 97.5 Å². The van der Waals surface area contributed by atoms with Crippen LogP contribution in [0.2, 0.25) is 0 Å². The average molecular weight is 1370 g/mol. The van der Waals surface area contributed by atoms with Crippen molar-refractivity contribution in [2.75, 3.05) is 39.6 Å². The van der Waals surface area contributed by atoms with Crippen LogP contribution in [0.25, 0.3) is 0 Å². The summed E-state index contributed by atoms with van der Waals surface area (Å²) in [6.45, 7) is 7.25. The number of phosphoric ester groups is 2. The molecule has 0 aromatic rings. The molecule has 0 fully saturated rings. The van der Waals surface area contributed by atoms with Crippen LogP contribution < -0.4 is 0 Å². The molecule has 0 aromatic heterocycles. The van der Waals surface area contributed by atoms with Crippen molar-refractivity contribution in [1.82, 2.24) is 0 Å². The third kappa shape index (κ3) is 68.4. The lowest BCUT2D eigenvalue weighted by Gasteiger charge is -2.21. The first kappa shape index (κ1) is 91.1. The lowest BCUT2D eigenvalue weighted by Crippen LogP contribution is -2.30. The van der Waals surface area contributed by atoms with Gasteiger partial charge in [0.1, 0.15) is 19.3 Å². The Bertz CT molecular complexity index is 1790. The molecule has 0 saturated carbocycles. The summed E-state index contributed by atoms with van der Waals surface area (Å²) in [4.78, 5) is 72.7. The summed E-state index contributed by atoms with van der Waals surface area (Å²) in [5, 5.41) is 10.6. The molecule has 3 N–H and O–H groups in total. The molecule has 0 aliphatic heterocycles. The minimum atomic E-state index is -4.95. The van der Waals surface area contributed by atoms with Gasteiger partial charge in [0.2, 0.25) is 0 Å². The van der Waals surface area contributed by atoms with E-state index in [0.717, 1.165) is 95.8 Å². The molecular weight excluding hydrogens is 1220 g/mol. The smallest absolute Gasteiger partial charge is 0.462 e. The number of hydrogen-bond donors (Lipinski definition) is 3. The molecular formula is C74H144O17P2. The van der Waals surface area contributed by atoms with Crippen LogP contribution in [0.15, 0.2) is 0 Å². The number of carbonyl (C=O) groups excluding carboxylic acids is 4. The van der Waals surface area contributed by atoms with Gasteiger partial charge >= 0.3 is 39.5 Å². The Kier molecular flexibility index (Phi) is 65.9. The number of hydrogen-bond acceptors (Lipinski definition) is 15. The van der Waals surface area contributed by atoms with Gasteiger partial charge in [-0.2, -0.15) is 0 Å². The molecule has 19 heteroatoms. The molecule has 0 bridgehead atoms. The summed E-state index contributed by atoms with van der Waals surface area (Å²) < 4.78 is 68.4. The standard InChI is InChI=1S/C74H144O17P2/c1-6-9-12-15-18-21-24-26-28-30-32-34-39-44-49-54-59-73(78)90-69(64-85-72(77)58-53-48-43-38-33-31-29-27-25-22-19-16-13-10-7-2)65-88-92(80,81)86-61-68(75)62-87-93(82,83)89-66-70(63-84-71(76)57-52-47-42-37-23-20-17-14-11-8-3)91-74(79)60-55-50-45-40-35-36-41-46-51-56-67(4)5/h67-70,75H,6-66H2,1-5H3,(H,80,81)(H,82,83)/t68-,69-,70-/m1/s1. The fourth-order valence-corrected chi connectivity index (χ4v) is 12.9. The van der Waals surface area contributed by atoms with Gasteiger partial charge in [0.15, 0.2) is 12.2 Å². The van der Waals surface area contributed by atoms with Gasteiger partial charge in [-0.15, -0.1) is 0 Å². The lowest BCUT2D eigenvalue weighted by atomic mass is 10.0. The monoisotopic (exact) mass is 1370 g/mol. The predicted molar refractivity (Wildman–Crippen MR) is 377 cm³/mol. The molecule has 0 aromatic carbocycles. The Morgan fingerprint density at radius 1 is 0.290 bits per heavy atom. The molecule has 0 saturated heterocycles. The largest absolute Gasteiger partial charge is 0.472 e. The Morgan fingerprint density at radius 3 is 0.731 bits per heavy atom. The van der Waals surface area contributed by atoms with Crippen LogP contribution >= 0.6 is 15.6 Å². The molecule has 552 valence electrons. The molecule has 0 spiro atoms. The van der Waals surface area contributed by atoms with Gasteiger partial charge in [-0.3, -0.25) is 37.3 Å². The van der Waals surface area contributed by atoms with Crippen LogP contribution in [0.1, 0.15) is 388 Å². The van der Waals surface area contributed by atoms with Crippen molar-refractivity contribution in [2.45, 2.75) is 406 Å². The van der Waals surface area contributed by atoms with Gasteiger partial charge in [0, 0.05) is 25.7 Å². The Labute approximate surface area is 568 Å². The highest BCUT2D eigenvalue weighted by Gasteiger charge is 2.30. The maximum absolute atomic E-state index is 13.1. The minimum absolute atomic E-state index is 0.106. The molecule has 0 rings (SSSR count). The zero-order chi connectivity index (χ0) is 68.4. The van der Waals surface area contributed by atoms with Gasteiger partial charge in [-0.1, -0.05) is 336 Å².